The van der Waals surface area contributed by atoms with Gasteiger partial charge in [-0.15, -0.1) is 0 Å². The average Bonchev–Trinajstić information content (AvgIpc) is 2.45. The molecule has 0 aliphatic heterocycles. The maximum absolute atomic E-state index is 12.4. The van der Waals surface area contributed by atoms with Gasteiger partial charge >= 0.3 is 6.03 Å². The van der Waals surface area contributed by atoms with Gasteiger partial charge in [-0.25, -0.2) is 4.79 Å². The third-order valence-electron chi connectivity index (χ3n) is 3.03. The van der Waals surface area contributed by atoms with Crippen molar-refractivity contribution in [2.24, 2.45) is 5.73 Å². The van der Waals surface area contributed by atoms with Crippen LogP contribution in [-0.4, -0.2) is 47.0 Å². The maximum atomic E-state index is 12.4. The molecular weight excluding hydrogens is 240 g/mol. The van der Waals surface area contributed by atoms with Gasteiger partial charge < -0.3 is 15.5 Å². The predicted octanol–water partition coefficient (Wildman–Crippen LogP) is 1.69. The Morgan fingerprint density at radius 1 is 1.32 bits per heavy atom. The topological polar surface area (TPSA) is 62.5 Å². The minimum absolute atomic E-state index is 0.0716. The van der Waals surface area contributed by atoms with Gasteiger partial charge in [0.05, 0.1) is 0 Å². The summed E-state index contributed by atoms with van der Waals surface area (Å²) in [6.45, 7) is 7.29. The molecule has 0 radical (unpaired) electrons. The van der Waals surface area contributed by atoms with Crippen molar-refractivity contribution in [1.29, 1.82) is 0 Å². The molecule has 1 rings (SSSR count). The van der Waals surface area contributed by atoms with Crippen LogP contribution in [0.5, 0.6) is 0 Å². The molecule has 0 spiro atoms. The number of amides is 2. The summed E-state index contributed by atoms with van der Waals surface area (Å²) in [5.74, 6) is 0. The largest absolute Gasteiger partial charge is 0.330 e. The highest BCUT2D eigenvalue weighted by Gasteiger charge is 2.18. The molecule has 1 aromatic heterocycles. The lowest BCUT2D eigenvalue weighted by molar-refractivity contribution is 0.154. The van der Waals surface area contributed by atoms with Crippen LogP contribution in [0.15, 0.2) is 24.5 Å². The Morgan fingerprint density at radius 2 is 2.05 bits per heavy atom. The third-order valence-corrected chi connectivity index (χ3v) is 3.03. The van der Waals surface area contributed by atoms with Crippen LogP contribution in [0.3, 0.4) is 0 Å². The molecule has 0 unspecified atom stereocenters. The van der Waals surface area contributed by atoms with Crippen molar-refractivity contribution in [3.63, 3.8) is 0 Å². The van der Waals surface area contributed by atoms with Crippen LogP contribution in [0.2, 0.25) is 0 Å². The van der Waals surface area contributed by atoms with Crippen molar-refractivity contribution in [3.8, 4) is 0 Å². The first-order valence-electron chi connectivity index (χ1n) is 6.85. The quantitative estimate of drug-likeness (QED) is 0.815. The molecule has 0 aromatic carbocycles. The van der Waals surface area contributed by atoms with E-state index >= 15 is 0 Å². The molecule has 0 saturated heterocycles. The fraction of sp³-hybridized carbons (Fsp3) is 0.571. The van der Waals surface area contributed by atoms with Gasteiger partial charge in [0.15, 0.2) is 0 Å². The number of carbonyl (C=O) groups is 1. The van der Waals surface area contributed by atoms with E-state index in [-0.39, 0.29) is 6.03 Å². The summed E-state index contributed by atoms with van der Waals surface area (Å²) in [4.78, 5) is 20.2. The zero-order valence-electron chi connectivity index (χ0n) is 11.9. The molecule has 0 fully saturated rings. The molecule has 1 aromatic rings. The molecule has 5 nitrogen and oxygen atoms in total. The van der Waals surface area contributed by atoms with Crippen molar-refractivity contribution >= 4 is 6.03 Å². The van der Waals surface area contributed by atoms with E-state index in [4.69, 9.17) is 5.73 Å². The second-order valence-electron chi connectivity index (χ2n) is 4.38. The highest BCUT2D eigenvalue weighted by atomic mass is 16.2. The Morgan fingerprint density at radius 3 is 2.58 bits per heavy atom. The summed E-state index contributed by atoms with van der Waals surface area (Å²) in [5, 5.41) is 0. The summed E-state index contributed by atoms with van der Waals surface area (Å²) in [6, 6.07) is 3.94. The van der Waals surface area contributed by atoms with E-state index < -0.39 is 0 Å². The molecule has 0 bridgehead atoms. The lowest BCUT2D eigenvalue weighted by atomic mass is 10.2. The van der Waals surface area contributed by atoms with Crippen LogP contribution in [-0.2, 0) is 6.54 Å². The van der Waals surface area contributed by atoms with E-state index in [0.29, 0.717) is 19.6 Å². The van der Waals surface area contributed by atoms with E-state index in [0.717, 1.165) is 25.1 Å². The number of aromatic nitrogens is 1. The molecule has 5 heteroatoms. The fourth-order valence-corrected chi connectivity index (χ4v) is 1.93. The Balaban J connectivity index is 2.73. The lowest BCUT2D eigenvalue weighted by Gasteiger charge is -2.29. The second kappa shape index (κ2) is 8.48. The Labute approximate surface area is 115 Å². The normalized spacial score (nSPS) is 10.3. The van der Waals surface area contributed by atoms with E-state index in [2.05, 4.69) is 4.98 Å². The summed E-state index contributed by atoms with van der Waals surface area (Å²) in [7, 11) is 0. The summed E-state index contributed by atoms with van der Waals surface area (Å²) in [6.07, 6.45) is 4.35. The van der Waals surface area contributed by atoms with E-state index in [1.807, 2.05) is 35.8 Å². The first-order chi connectivity index (χ1) is 9.22. The number of urea groups is 1. The fourth-order valence-electron chi connectivity index (χ4n) is 1.93. The van der Waals surface area contributed by atoms with Crippen LogP contribution in [0.25, 0.3) is 0 Å². The van der Waals surface area contributed by atoms with Gasteiger partial charge in [-0.2, -0.15) is 0 Å². The summed E-state index contributed by atoms with van der Waals surface area (Å²) in [5.41, 5.74) is 6.59. The molecule has 0 saturated carbocycles. The molecule has 2 N–H and O–H groups in total. The molecule has 0 atom stereocenters. The predicted molar refractivity (Wildman–Crippen MR) is 76.6 cm³/mol. The minimum Gasteiger partial charge on any atom is -0.330 e. The lowest BCUT2D eigenvalue weighted by Crippen LogP contribution is -2.43. The van der Waals surface area contributed by atoms with Crippen LogP contribution >= 0.6 is 0 Å². The molecule has 0 aliphatic rings. The van der Waals surface area contributed by atoms with Gasteiger partial charge in [-0.05, 0) is 38.4 Å². The van der Waals surface area contributed by atoms with E-state index in [9.17, 15) is 4.79 Å². The highest BCUT2D eigenvalue weighted by Crippen LogP contribution is 2.07. The van der Waals surface area contributed by atoms with Crippen molar-refractivity contribution < 1.29 is 4.79 Å². The second-order valence-corrected chi connectivity index (χ2v) is 4.38. The number of hydrogen-bond donors (Lipinski definition) is 1. The Hall–Kier alpha value is -1.62. The van der Waals surface area contributed by atoms with Gasteiger partial charge in [0.2, 0.25) is 0 Å². The zero-order valence-corrected chi connectivity index (χ0v) is 11.9. The van der Waals surface area contributed by atoms with Crippen molar-refractivity contribution in [2.45, 2.75) is 26.8 Å². The first kappa shape index (κ1) is 15.4. The van der Waals surface area contributed by atoms with Gasteiger partial charge in [0.1, 0.15) is 0 Å². The smallest absolute Gasteiger partial charge is 0.320 e. The van der Waals surface area contributed by atoms with Gasteiger partial charge in [-0.3, -0.25) is 4.98 Å². The third kappa shape index (κ3) is 4.87. The molecule has 106 valence electrons. The van der Waals surface area contributed by atoms with E-state index in [1.165, 1.54) is 0 Å². The van der Waals surface area contributed by atoms with Crippen molar-refractivity contribution in [1.82, 2.24) is 14.8 Å². The first-order valence-corrected chi connectivity index (χ1v) is 6.85. The molecular formula is C14H24N4O. The number of nitrogens with two attached hydrogens (primary N) is 1. The average molecular weight is 264 g/mol. The maximum Gasteiger partial charge on any atom is 0.320 e. The van der Waals surface area contributed by atoms with Crippen molar-refractivity contribution in [2.75, 3.05) is 26.2 Å². The number of nitrogens with zero attached hydrogens (tertiary/aromatic N) is 3. The van der Waals surface area contributed by atoms with E-state index in [1.54, 1.807) is 12.4 Å². The Kier molecular flexibility index (Phi) is 6.89. The van der Waals surface area contributed by atoms with Gasteiger partial charge in [0, 0.05) is 38.6 Å². The van der Waals surface area contributed by atoms with Crippen molar-refractivity contribution in [3.05, 3.63) is 30.1 Å². The van der Waals surface area contributed by atoms with Crippen LogP contribution in [0.1, 0.15) is 25.8 Å². The summed E-state index contributed by atoms with van der Waals surface area (Å²) >= 11 is 0. The molecule has 1 heterocycles. The number of pyridine rings is 1. The number of carbonyl (C=O) groups excluding carboxylic acids is 1. The number of rotatable bonds is 7. The van der Waals surface area contributed by atoms with Gasteiger partial charge in [-0.1, -0.05) is 6.07 Å². The highest BCUT2D eigenvalue weighted by molar-refractivity contribution is 5.74. The van der Waals surface area contributed by atoms with Gasteiger partial charge in [0.25, 0.3) is 0 Å². The standard InChI is InChI=1S/C14H24N4O/c1-3-17(4-2)14(19)18(10-6-8-15)12-13-7-5-9-16-11-13/h5,7,9,11H,3-4,6,8,10,12,15H2,1-2H3. The molecule has 0 aliphatic carbocycles. The van der Waals surface area contributed by atoms with Crippen LogP contribution in [0, 0.1) is 0 Å². The Bertz CT molecular complexity index is 365. The van der Waals surface area contributed by atoms with Crippen LogP contribution < -0.4 is 5.73 Å². The summed E-state index contributed by atoms with van der Waals surface area (Å²) < 4.78 is 0. The zero-order chi connectivity index (χ0) is 14.1. The molecule has 19 heavy (non-hydrogen) atoms. The minimum atomic E-state index is 0.0716. The molecule has 2 amide bonds. The monoisotopic (exact) mass is 264 g/mol. The SMILES string of the molecule is CCN(CC)C(=O)N(CCCN)Cc1cccnc1. The number of hydrogen-bond acceptors (Lipinski definition) is 3. The van der Waals surface area contributed by atoms with Crippen LogP contribution in [0.4, 0.5) is 4.79 Å².